The molecular weight excluding hydrogens is 359 g/mol. The fraction of sp³-hybridized carbons (Fsp3) is 0.294. The Morgan fingerprint density at radius 3 is 2.96 bits per heavy atom. The monoisotopic (exact) mass is 374 g/mol. The first-order chi connectivity index (χ1) is 12.6. The molecule has 2 aromatic heterocycles. The molecule has 0 radical (unpaired) electrons. The summed E-state index contributed by atoms with van der Waals surface area (Å²) in [7, 11) is 1.94. The van der Waals surface area contributed by atoms with E-state index in [1.807, 2.05) is 11.9 Å². The van der Waals surface area contributed by atoms with Crippen LogP contribution in [0.25, 0.3) is 11.0 Å². The highest BCUT2D eigenvalue weighted by Gasteiger charge is 2.23. The number of halogens is 2. The van der Waals surface area contributed by atoms with Gasteiger partial charge >= 0.3 is 0 Å². The van der Waals surface area contributed by atoms with Gasteiger partial charge in [-0.25, -0.2) is 24.3 Å². The first-order valence-electron chi connectivity index (χ1n) is 8.12. The number of nitrogens with one attached hydrogen (secondary N) is 1. The molecule has 0 saturated carbocycles. The van der Waals surface area contributed by atoms with Gasteiger partial charge < -0.3 is 15.0 Å². The van der Waals surface area contributed by atoms with Crippen molar-refractivity contribution in [1.82, 2.24) is 19.9 Å². The summed E-state index contributed by atoms with van der Waals surface area (Å²) >= 11 is 5.85. The highest BCUT2D eigenvalue weighted by molar-refractivity contribution is 6.31. The Kier molecular flexibility index (Phi) is 4.52. The van der Waals surface area contributed by atoms with E-state index in [1.54, 1.807) is 12.3 Å². The van der Waals surface area contributed by atoms with Crippen LogP contribution in [0.1, 0.15) is 6.42 Å². The fourth-order valence-corrected chi connectivity index (χ4v) is 2.99. The molecular formula is C17H16ClFN6O. The van der Waals surface area contributed by atoms with Crippen LogP contribution < -0.4 is 10.2 Å². The number of ether oxygens (including phenoxy) is 1. The zero-order chi connectivity index (χ0) is 18.1. The van der Waals surface area contributed by atoms with Crippen molar-refractivity contribution in [3.8, 4) is 0 Å². The third-order valence-electron chi connectivity index (χ3n) is 4.32. The highest BCUT2D eigenvalue weighted by atomic mass is 35.5. The van der Waals surface area contributed by atoms with Gasteiger partial charge in [0.25, 0.3) is 0 Å². The van der Waals surface area contributed by atoms with Gasteiger partial charge in [0.2, 0.25) is 5.95 Å². The number of hydrogen-bond donors (Lipinski definition) is 1. The second-order valence-corrected chi connectivity index (χ2v) is 6.42. The largest absolute Gasteiger partial charge is 0.379 e. The molecule has 1 aliphatic rings. The van der Waals surface area contributed by atoms with E-state index in [1.165, 1.54) is 18.5 Å². The van der Waals surface area contributed by atoms with Crippen molar-refractivity contribution in [2.24, 2.45) is 0 Å². The van der Waals surface area contributed by atoms with E-state index in [0.29, 0.717) is 35.1 Å². The van der Waals surface area contributed by atoms with Gasteiger partial charge in [0.1, 0.15) is 23.2 Å². The number of rotatable bonds is 4. The Hall–Kier alpha value is -2.58. The maximum Gasteiger partial charge on any atom is 0.226 e. The normalized spacial score (nSPS) is 16.8. The fourth-order valence-electron chi connectivity index (χ4n) is 2.81. The molecule has 1 N–H and O–H groups in total. The maximum atomic E-state index is 13.4. The van der Waals surface area contributed by atoms with E-state index in [2.05, 4.69) is 25.3 Å². The molecule has 0 spiro atoms. The van der Waals surface area contributed by atoms with E-state index < -0.39 is 5.82 Å². The van der Waals surface area contributed by atoms with Crippen LogP contribution in [0.15, 0.2) is 30.7 Å². The van der Waals surface area contributed by atoms with Crippen molar-refractivity contribution in [1.29, 1.82) is 0 Å². The van der Waals surface area contributed by atoms with E-state index in [0.717, 1.165) is 13.0 Å². The van der Waals surface area contributed by atoms with Crippen LogP contribution in [0.4, 0.5) is 21.8 Å². The van der Waals surface area contributed by atoms with Crippen molar-refractivity contribution in [2.75, 3.05) is 30.5 Å². The lowest BCUT2D eigenvalue weighted by atomic mass is 10.2. The predicted molar refractivity (Wildman–Crippen MR) is 97.4 cm³/mol. The van der Waals surface area contributed by atoms with E-state index >= 15 is 0 Å². The lowest BCUT2D eigenvalue weighted by Gasteiger charge is -2.23. The second-order valence-electron chi connectivity index (χ2n) is 6.01. The molecule has 9 heteroatoms. The minimum atomic E-state index is -0.477. The van der Waals surface area contributed by atoms with Gasteiger partial charge in [0.15, 0.2) is 5.82 Å². The van der Waals surface area contributed by atoms with Crippen LogP contribution in [-0.2, 0) is 4.74 Å². The number of hydrogen-bond acceptors (Lipinski definition) is 7. The molecule has 4 rings (SSSR count). The van der Waals surface area contributed by atoms with Crippen LogP contribution >= 0.6 is 11.6 Å². The number of nitrogens with zero attached hydrogens (tertiary/aromatic N) is 5. The van der Waals surface area contributed by atoms with Crippen LogP contribution in [-0.4, -0.2) is 46.2 Å². The van der Waals surface area contributed by atoms with Crippen molar-refractivity contribution in [3.63, 3.8) is 0 Å². The van der Waals surface area contributed by atoms with E-state index in [9.17, 15) is 4.39 Å². The van der Waals surface area contributed by atoms with Gasteiger partial charge in [0.05, 0.1) is 23.9 Å². The molecule has 3 heterocycles. The van der Waals surface area contributed by atoms with Gasteiger partial charge in [-0.15, -0.1) is 0 Å². The minimum absolute atomic E-state index is 0.0321. The average Bonchev–Trinajstić information content (AvgIpc) is 3.19. The quantitative estimate of drug-likeness (QED) is 0.751. The van der Waals surface area contributed by atoms with Gasteiger partial charge in [-0.1, -0.05) is 11.6 Å². The molecule has 1 aromatic carbocycles. The molecule has 1 fully saturated rings. The number of anilines is 3. The standard InChI is InChI=1S/C17H16ClFN6O/c1-25(11-4-5-26-8-11)17-20-7-14-15(24-17)16(22-9-21-14)23-10-2-3-13(19)12(18)6-10/h2-3,6-7,9,11H,4-5,8H2,1H3,(H,21,22,23). The van der Waals surface area contributed by atoms with E-state index in [-0.39, 0.29) is 11.1 Å². The molecule has 1 aliphatic heterocycles. The smallest absolute Gasteiger partial charge is 0.226 e. The van der Waals surface area contributed by atoms with Gasteiger partial charge in [-0.3, -0.25) is 0 Å². The third-order valence-corrected chi connectivity index (χ3v) is 4.61. The molecule has 0 aliphatic carbocycles. The number of fused-ring (bicyclic) bond motifs is 1. The summed E-state index contributed by atoms with van der Waals surface area (Å²) in [4.78, 5) is 19.5. The zero-order valence-electron chi connectivity index (χ0n) is 14.0. The maximum absolute atomic E-state index is 13.4. The molecule has 1 saturated heterocycles. The molecule has 3 aromatic rings. The van der Waals surface area contributed by atoms with Crippen molar-refractivity contribution < 1.29 is 9.13 Å². The van der Waals surface area contributed by atoms with Crippen molar-refractivity contribution >= 4 is 40.1 Å². The van der Waals surface area contributed by atoms with Gasteiger partial charge in [0, 0.05) is 19.3 Å². The second kappa shape index (κ2) is 6.97. The Bertz CT molecular complexity index is 950. The van der Waals surface area contributed by atoms with E-state index in [4.69, 9.17) is 16.3 Å². The molecule has 134 valence electrons. The number of aromatic nitrogens is 4. The summed E-state index contributed by atoms with van der Waals surface area (Å²) in [5.74, 6) is 0.593. The molecule has 1 unspecified atom stereocenters. The Morgan fingerprint density at radius 2 is 2.19 bits per heavy atom. The Morgan fingerprint density at radius 1 is 1.31 bits per heavy atom. The van der Waals surface area contributed by atoms with Crippen LogP contribution in [0, 0.1) is 5.82 Å². The topological polar surface area (TPSA) is 76.1 Å². The first kappa shape index (κ1) is 16.9. The molecule has 26 heavy (non-hydrogen) atoms. The summed E-state index contributed by atoms with van der Waals surface area (Å²) in [6, 6.07) is 4.61. The minimum Gasteiger partial charge on any atom is -0.379 e. The predicted octanol–water partition coefficient (Wildman–Crippen LogP) is 3.18. The Labute approximate surface area is 154 Å². The Balaban J connectivity index is 1.69. The molecule has 1 atom stereocenters. The lowest BCUT2D eigenvalue weighted by Crippen LogP contribution is -2.33. The van der Waals surface area contributed by atoms with Crippen LogP contribution in [0.5, 0.6) is 0 Å². The van der Waals surface area contributed by atoms with Gasteiger partial charge in [-0.05, 0) is 24.6 Å². The molecule has 0 bridgehead atoms. The third kappa shape index (κ3) is 3.25. The first-order valence-corrected chi connectivity index (χ1v) is 8.50. The molecule has 7 nitrogen and oxygen atoms in total. The van der Waals surface area contributed by atoms with Crippen molar-refractivity contribution in [3.05, 3.63) is 41.6 Å². The zero-order valence-corrected chi connectivity index (χ0v) is 14.7. The number of benzene rings is 1. The highest BCUT2D eigenvalue weighted by Crippen LogP contribution is 2.26. The average molecular weight is 375 g/mol. The summed E-state index contributed by atoms with van der Waals surface area (Å²) in [6.07, 6.45) is 4.02. The van der Waals surface area contributed by atoms with Crippen LogP contribution in [0.3, 0.4) is 0 Å². The van der Waals surface area contributed by atoms with Crippen LogP contribution in [0.2, 0.25) is 5.02 Å². The summed E-state index contributed by atoms with van der Waals surface area (Å²) in [5.41, 5.74) is 1.79. The summed E-state index contributed by atoms with van der Waals surface area (Å²) < 4.78 is 18.8. The molecule has 0 amide bonds. The van der Waals surface area contributed by atoms with Crippen molar-refractivity contribution in [2.45, 2.75) is 12.5 Å². The number of likely N-dealkylation sites (N-methyl/N-ethyl adjacent to an activating group) is 1. The summed E-state index contributed by atoms with van der Waals surface area (Å²) in [6.45, 7) is 1.40. The SMILES string of the molecule is CN(c1ncc2ncnc(Nc3ccc(F)c(Cl)c3)c2n1)C1CCOC1. The van der Waals surface area contributed by atoms with Gasteiger partial charge in [-0.2, -0.15) is 0 Å². The lowest BCUT2D eigenvalue weighted by molar-refractivity contribution is 0.193. The summed E-state index contributed by atoms with van der Waals surface area (Å²) in [5, 5.41) is 3.15.